The molecule has 0 unspecified atom stereocenters. The Morgan fingerprint density at radius 2 is 1.59 bits per heavy atom. The van der Waals surface area contributed by atoms with Gasteiger partial charge >= 0.3 is 5.97 Å². The molecule has 2 saturated heterocycles. The molecule has 13 atom stereocenters. The van der Waals surface area contributed by atoms with Gasteiger partial charge < -0.3 is 43.9 Å². The summed E-state index contributed by atoms with van der Waals surface area (Å²) in [7, 11) is 4.59. The molecule has 4 aliphatic rings. The van der Waals surface area contributed by atoms with E-state index in [1.54, 1.807) is 21.0 Å². The van der Waals surface area contributed by atoms with Crippen LogP contribution in [0.5, 0.6) is 0 Å². The number of allylic oxidation sites excluding steroid dienone is 5. The van der Waals surface area contributed by atoms with Crippen LogP contribution in [0.3, 0.4) is 0 Å². The van der Waals surface area contributed by atoms with E-state index in [1.165, 1.54) is 19.1 Å². The van der Waals surface area contributed by atoms with Crippen molar-refractivity contribution in [1.29, 1.82) is 0 Å². The summed E-state index contributed by atoms with van der Waals surface area (Å²) in [5.74, 6) is -7.39. The minimum absolute atomic E-state index is 0.00667. The maximum atomic E-state index is 14.3. The molecule has 1 aliphatic carbocycles. The molecule has 0 aromatic heterocycles. The number of amides is 1. The van der Waals surface area contributed by atoms with Crippen molar-refractivity contribution in [2.24, 2.45) is 23.7 Å². The first-order valence-electron chi connectivity index (χ1n) is 20.5. The lowest BCUT2D eigenvalue weighted by molar-refractivity contribution is -0.302. The molecule has 2 bridgehead atoms. The van der Waals surface area contributed by atoms with E-state index in [4.69, 9.17) is 23.7 Å². The lowest BCUT2D eigenvalue weighted by Crippen LogP contribution is -2.64. The van der Waals surface area contributed by atoms with Crippen LogP contribution >= 0.6 is 0 Å². The molecule has 3 N–H and O–H groups in total. The average molecular weight is 790 g/mol. The number of nitrogens with zero attached hydrogens (tertiary/aromatic N) is 1. The predicted molar refractivity (Wildman–Crippen MR) is 208 cm³/mol. The highest BCUT2D eigenvalue weighted by Gasteiger charge is 2.56. The number of rotatable bonds is 6. The Labute approximate surface area is 332 Å². The number of fused-ring (bicyclic) bond motifs is 3. The molecule has 13 heteroatoms. The van der Waals surface area contributed by atoms with Gasteiger partial charge in [0.25, 0.3) is 11.7 Å². The predicted octanol–water partition coefficient (Wildman–Crippen LogP) is 4.39. The number of esters is 1. The normalized spacial score (nSPS) is 41.1. The zero-order valence-corrected chi connectivity index (χ0v) is 34.9. The smallest absolute Gasteiger partial charge is 0.329 e. The zero-order chi connectivity index (χ0) is 41.5. The average Bonchev–Trinajstić information content (AvgIpc) is 3.18. The van der Waals surface area contributed by atoms with Crippen molar-refractivity contribution in [2.45, 2.75) is 160 Å². The summed E-state index contributed by atoms with van der Waals surface area (Å²) in [6, 6.07) is -1.14. The minimum atomic E-state index is -2.51. The van der Waals surface area contributed by atoms with E-state index in [0.717, 1.165) is 5.57 Å². The third kappa shape index (κ3) is 10.6. The first kappa shape index (κ1) is 45.9. The zero-order valence-electron chi connectivity index (χ0n) is 34.9. The summed E-state index contributed by atoms with van der Waals surface area (Å²) in [5.41, 5.74) is 2.03. The minimum Gasteiger partial charge on any atom is -0.456 e. The van der Waals surface area contributed by atoms with Gasteiger partial charge in [0.05, 0.1) is 30.5 Å². The summed E-state index contributed by atoms with van der Waals surface area (Å²) in [5, 5.41) is 34.0. The van der Waals surface area contributed by atoms with Crippen molar-refractivity contribution in [3.63, 3.8) is 0 Å². The first-order chi connectivity index (χ1) is 26.5. The number of aliphatic hydroxyl groups excluding tert-OH is 2. The van der Waals surface area contributed by atoms with Crippen LogP contribution in [0.2, 0.25) is 0 Å². The van der Waals surface area contributed by atoms with Crippen LogP contribution in [0.4, 0.5) is 0 Å². The number of cyclic esters (lactones) is 1. The van der Waals surface area contributed by atoms with E-state index >= 15 is 0 Å². The van der Waals surface area contributed by atoms with Crippen LogP contribution in [0.1, 0.15) is 106 Å². The SMILES string of the molecule is CC/C1=C\C(C)=C/[C@H](C)C[C@H](OC)[C@H]2O[C@@](O)(C(=O)C(=O)N3CCCC[C@H]3C(=O)O[C@H](/C(C)=C/[C@@H]3CC[C@@H](O)[C@H](OC)C3)[C@H](C)[C@@H](O)CC1=O)[C@H](C)C[C@@H]2OC. The number of hydrogen-bond acceptors (Lipinski definition) is 12. The Morgan fingerprint density at radius 1 is 0.929 bits per heavy atom. The number of piperidine rings is 1. The van der Waals surface area contributed by atoms with Gasteiger partial charge in [-0.05, 0) is 94.6 Å². The highest BCUT2D eigenvalue weighted by molar-refractivity contribution is 6.39. The largest absolute Gasteiger partial charge is 0.456 e. The van der Waals surface area contributed by atoms with Gasteiger partial charge in [0.15, 0.2) is 5.78 Å². The van der Waals surface area contributed by atoms with E-state index in [2.05, 4.69) is 0 Å². The number of aliphatic hydroxyl groups is 3. The number of methoxy groups -OCH3 is 3. The van der Waals surface area contributed by atoms with Gasteiger partial charge in [-0.2, -0.15) is 0 Å². The van der Waals surface area contributed by atoms with E-state index in [1.807, 2.05) is 45.9 Å². The standard InChI is InChI=1S/C43H67NO12/c1-10-30-18-24(2)17-25(3)19-36(53-8)39-37(54-9)21-27(5)43(51,56-39)40(48)41(49)44-16-12-11-13-31(44)42(50)55-38(28(6)33(46)23-34(30)47)26(4)20-29-14-15-32(45)35(22-29)52-7/h17-18,20,25,27-29,31-33,35-39,45-46,51H,10-16,19,21-23H2,1-9H3/b24-17-,26-20+,30-18+/t25-,27+,28+,29-,31-,32+,33-,35+,36-,37-,38+,39+,43+/m0/s1. The molecular weight excluding hydrogens is 722 g/mol. The molecule has 3 heterocycles. The van der Waals surface area contributed by atoms with Crippen LogP contribution in [-0.2, 0) is 42.9 Å². The van der Waals surface area contributed by atoms with Crippen molar-refractivity contribution < 1.29 is 58.2 Å². The lowest BCUT2D eigenvalue weighted by Gasteiger charge is -2.47. The molecule has 3 aliphatic heterocycles. The fourth-order valence-electron chi connectivity index (χ4n) is 9.06. The molecule has 1 amide bonds. The number of hydrogen-bond donors (Lipinski definition) is 3. The summed E-state index contributed by atoms with van der Waals surface area (Å²) < 4.78 is 29.7. The second-order valence-electron chi connectivity index (χ2n) is 16.7. The maximum Gasteiger partial charge on any atom is 0.329 e. The summed E-state index contributed by atoms with van der Waals surface area (Å²) >= 11 is 0. The first-order valence-corrected chi connectivity index (χ1v) is 20.5. The summed E-state index contributed by atoms with van der Waals surface area (Å²) in [6.07, 6.45) is 4.54. The summed E-state index contributed by atoms with van der Waals surface area (Å²) in [4.78, 5) is 57.6. The second-order valence-corrected chi connectivity index (χ2v) is 16.7. The fourth-order valence-corrected chi connectivity index (χ4v) is 9.06. The van der Waals surface area contributed by atoms with Crippen LogP contribution in [0.15, 0.2) is 34.9 Å². The topological polar surface area (TPSA) is 178 Å². The van der Waals surface area contributed by atoms with Crippen LogP contribution in [0.25, 0.3) is 0 Å². The van der Waals surface area contributed by atoms with Gasteiger partial charge in [-0.3, -0.25) is 14.4 Å². The highest BCUT2D eigenvalue weighted by atomic mass is 16.7. The monoisotopic (exact) mass is 789 g/mol. The Kier molecular flexibility index (Phi) is 16.6. The highest BCUT2D eigenvalue weighted by Crippen LogP contribution is 2.39. The second kappa shape index (κ2) is 20.3. The van der Waals surface area contributed by atoms with Crippen LogP contribution < -0.4 is 0 Å². The van der Waals surface area contributed by atoms with Gasteiger partial charge in [0.1, 0.15) is 18.2 Å². The van der Waals surface area contributed by atoms with Gasteiger partial charge in [-0.25, -0.2) is 4.79 Å². The molecule has 3 fully saturated rings. The van der Waals surface area contributed by atoms with Crippen LogP contribution in [-0.4, -0.2) is 126 Å². The Morgan fingerprint density at radius 3 is 2.23 bits per heavy atom. The number of ketones is 2. The van der Waals surface area contributed by atoms with Crippen LogP contribution in [0, 0.1) is 23.7 Å². The molecule has 0 aromatic rings. The Hall–Kier alpha value is -2.78. The van der Waals surface area contributed by atoms with E-state index in [9.17, 15) is 34.5 Å². The van der Waals surface area contributed by atoms with E-state index in [0.29, 0.717) is 56.1 Å². The Bertz CT molecular complexity index is 1490. The maximum absolute atomic E-state index is 14.3. The summed E-state index contributed by atoms with van der Waals surface area (Å²) in [6.45, 7) is 11.0. The van der Waals surface area contributed by atoms with E-state index in [-0.39, 0.29) is 49.5 Å². The lowest BCUT2D eigenvalue weighted by atomic mass is 9.82. The fraction of sp³-hybridized carbons (Fsp3) is 0.767. The van der Waals surface area contributed by atoms with Gasteiger partial charge in [-0.1, -0.05) is 51.5 Å². The van der Waals surface area contributed by atoms with Crippen molar-refractivity contribution >= 4 is 23.4 Å². The van der Waals surface area contributed by atoms with Gasteiger partial charge in [0.2, 0.25) is 5.79 Å². The number of carbonyl (C=O) groups is 4. The molecule has 0 spiro atoms. The number of carbonyl (C=O) groups excluding carboxylic acids is 4. The Balaban J connectivity index is 1.79. The van der Waals surface area contributed by atoms with Crippen molar-refractivity contribution in [1.82, 2.24) is 4.90 Å². The number of Topliss-reactive ketones (excluding diaryl/α,β-unsaturated/α-hetero) is 2. The third-order valence-corrected chi connectivity index (χ3v) is 12.5. The quantitative estimate of drug-likeness (QED) is 0.197. The van der Waals surface area contributed by atoms with Crippen molar-refractivity contribution in [3.05, 3.63) is 34.9 Å². The van der Waals surface area contributed by atoms with Crippen molar-refractivity contribution in [3.8, 4) is 0 Å². The van der Waals surface area contributed by atoms with Gasteiger partial charge in [0, 0.05) is 46.1 Å². The molecule has 56 heavy (non-hydrogen) atoms. The molecule has 13 nitrogen and oxygen atoms in total. The molecule has 316 valence electrons. The van der Waals surface area contributed by atoms with Crippen molar-refractivity contribution in [2.75, 3.05) is 27.9 Å². The molecular formula is C43H67NO12. The molecule has 4 rings (SSSR count). The molecule has 1 saturated carbocycles. The van der Waals surface area contributed by atoms with E-state index < -0.39 is 77.9 Å². The molecule has 0 aromatic carbocycles. The van der Waals surface area contributed by atoms with Gasteiger partial charge in [-0.15, -0.1) is 0 Å². The molecule has 0 radical (unpaired) electrons. The third-order valence-electron chi connectivity index (χ3n) is 12.5. The number of ether oxygens (including phenoxy) is 5.